The number of ether oxygens (including phenoxy) is 1. The van der Waals surface area contributed by atoms with Gasteiger partial charge in [-0.3, -0.25) is 9.52 Å². The van der Waals surface area contributed by atoms with E-state index >= 15 is 0 Å². The lowest BCUT2D eigenvalue weighted by Gasteiger charge is -2.10. The van der Waals surface area contributed by atoms with Gasteiger partial charge in [0.25, 0.3) is 15.9 Å². The largest absolute Gasteiger partial charge is 0.508 e. The first-order valence-corrected chi connectivity index (χ1v) is 11.4. The van der Waals surface area contributed by atoms with E-state index in [0.717, 1.165) is 0 Å². The molecule has 0 aliphatic carbocycles. The molecule has 4 N–H and O–H groups in total. The maximum atomic E-state index is 12.6. The number of amides is 1. The number of hydrazone groups is 1. The van der Waals surface area contributed by atoms with Gasteiger partial charge in [-0.05, 0) is 80.6 Å². The number of phenols is 2. The van der Waals surface area contributed by atoms with E-state index in [-0.39, 0.29) is 38.9 Å². The van der Waals surface area contributed by atoms with Gasteiger partial charge < -0.3 is 14.9 Å². The molecule has 0 aliphatic rings. The second-order valence-electron chi connectivity index (χ2n) is 6.93. The summed E-state index contributed by atoms with van der Waals surface area (Å²) in [6.07, 6.45) is 0. The maximum absolute atomic E-state index is 12.6. The third-order valence-electron chi connectivity index (χ3n) is 4.54. The molecule has 0 atom stereocenters. The Morgan fingerprint density at radius 3 is 2.30 bits per heavy atom. The van der Waals surface area contributed by atoms with Crippen LogP contribution in [0, 0.1) is 0 Å². The highest BCUT2D eigenvalue weighted by atomic mass is 32.2. The standard InChI is InChI=1S/C23H23N3O6S/c1-3-32-19-9-11-20(12-10-19)33(30,31)26-17-6-4-16(5-7-17)23(29)25-24-15(2)21-14-18(27)8-13-22(21)28/h4-14,26-28H,3H2,1-2H3,(H,25,29)/b24-15+. The number of aromatic hydroxyl groups is 2. The van der Waals surface area contributed by atoms with Crippen LogP contribution in [0.3, 0.4) is 0 Å². The molecule has 0 bridgehead atoms. The van der Waals surface area contributed by atoms with Crippen molar-refractivity contribution in [3.8, 4) is 17.2 Å². The predicted octanol–water partition coefficient (Wildman–Crippen LogP) is 3.45. The van der Waals surface area contributed by atoms with Crippen LogP contribution in [0.5, 0.6) is 17.2 Å². The van der Waals surface area contributed by atoms with Crippen LogP contribution in [-0.4, -0.2) is 36.9 Å². The molecule has 0 fully saturated rings. The van der Waals surface area contributed by atoms with E-state index in [2.05, 4.69) is 15.2 Å². The third kappa shape index (κ3) is 6.01. The molecule has 3 rings (SSSR count). The van der Waals surface area contributed by atoms with Crippen molar-refractivity contribution in [1.29, 1.82) is 0 Å². The van der Waals surface area contributed by atoms with E-state index in [1.54, 1.807) is 19.1 Å². The second kappa shape index (κ2) is 10.0. The van der Waals surface area contributed by atoms with Crippen molar-refractivity contribution in [1.82, 2.24) is 5.43 Å². The quantitative estimate of drug-likeness (QED) is 0.227. The highest BCUT2D eigenvalue weighted by Crippen LogP contribution is 2.23. The lowest BCUT2D eigenvalue weighted by molar-refractivity contribution is 0.0955. The minimum atomic E-state index is -3.81. The summed E-state index contributed by atoms with van der Waals surface area (Å²) in [7, 11) is -3.81. The predicted molar refractivity (Wildman–Crippen MR) is 124 cm³/mol. The Labute approximate surface area is 191 Å². The number of carbonyl (C=O) groups is 1. The number of anilines is 1. The lowest BCUT2D eigenvalue weighted by atomic mass is 10.1. The van der Waals surface area contributed by atoms with Crippen LogP contribution in [0.4, 0.5) is 5.69 Å². The summed E-state index contributed by atoms with van der Waals surface area (Å²) in [6, 6.07) is 15.8. The molecule has 3 aromatic rings. The van der Waals surface area contributed by atoms with Crippen molar-refractivity contribution in [2.24, 2.45) is 5.10 Å². The minimum absolute atomic E-state index is 0.0491. The van der Waals surface area contributed by atoms with E-state index in [1.807, 2.05) is 6.92 Å². The summed E-state index contributed by atoms with van der Waals surface area (Å²) >= 11 is 0. The highest BCUT2D eigenvalue weighted by Gasteiger charge is 2.15. The average Bonchev–Trinajstić information content (AvgIpc) is 2.79. The monoisotopic (exact) mass is 469 g/mol. The van der Waals surface area contributed by atoms with Gasteiger partial charge in [-0.25, -0.2) is 13.8 Å². The van der Waals surface area contributed by atoms with Gasteiger partial charge in [0.2, 0.25) is 0 Å². The zero-order valence-electron chi connectivity index (χ0n) is 17.9. The molecular weight excluding hydrogens is 446 g/mol. The first-order chi connectivity index (χ1) is 15.7. The SMILES string of the molecule is CCOc1ccc(S(=O)(=O)Nc2ccc(C(=O)N/N=C(\C)c3cc(O)ccc3O)cc2)cc1. The normalized spacial score (nSPS) is 11.6. The van der Waals surface area contributed by atoms with Crippen LogP contribution in [0.25, 0.3) is 0 Å². The van der Waals surface area contributed by atoms with Crippen molar-refractivity contribution in [2.45, 2.75) is 18.7 Å². The summed E-state index contributed by atoms with van der Waals surface area (Å²) in [4.78, 5) is 12.4. The number of carbonyl (C=O) groups excluding carboxylic acids is 1. The fraction of sp³-hybridized carbons (Fsp3) is 0.130. The summed E-state index contributed by atoms with van der Waals surface area (Å²) in [6.45, 7) is 3.88. The van der Waals surface area contributed by atoms with Gasteiger partial charge >= 0.3 is 0 Å². The highest BCUT2D eigenvalue weighted by molar-refractivity contribution is 7.92. The summed E-state index contributed by atoms with van der Waals surface area (Å²) in [5.74, 6) is -0.0988. The molecule has 0 aromatic heterocycles. The molecule has 0 aliphatic heterocycles. The van der Waals surface area contributed by atoms with Crippen LogP contribution in [0.15, 0.2) is 76.7 Å². The number of phenolic OH excluding ortho intramolecular Hbond substituents is 2. The number of sulfonamides is 1. The van der Waals surface area contributed by atoms with Crippen LogP contribution < -0.4 is 14.9 Å². The Kier molecular flexibility index (Phi) is 7.19. The smallest absolute Gasteiger partial charge is 0.271 e. The minimum Gasteiger partial charge on any atom is -0.508 e. The molecule has 33 heavy (non-hydrogen) atoms. The Bertz CT molecular complexity index is 1270. The average molecular weight is 470 g/mol. The molecule has 0 saturated heterocycles. The van der Waals surface area contributed by atoms with Gasteiger partial charge in [-0.2, -0.15) is 5.10 Å². The van der Waals surface area contributed by atoms with Gasteiger partial charge in [0.15, 0.2) is 0 Å². The molecule has 0 saturated carbocycles. The van der Waals surface area contributed by atoms with E-state index in [4.69, 9.17) is 4.74 Å². The van der Waals surface area contributed by atoms with Gasteiger partial charge in [0, 0.05) is 16.8 Å². The van der Waals surface area contributed by atoms with Crippen LogP contribution in [0.2, 0.25) is 0 Å². The van der Waals surface area contributed by atoms with E-state index < -0.39 is 15.9 Å². The van der Waals surface area contributed by atoms with Gasteiger partial charge in [0.1, 0.15) is 17.2 Å². The van der Waals surface area contributed by atoms with Crippen molar-refractivity contribution in [3.63, 3.8) is 0 Å². The molecular formula is C23H23N3O6S. The van der Waals surface area contributed by atoms with E-state index in [1.165, 1.54) is 54.6 Å². The number of rotatable bonds is 8. The molecule has 10 heteroatoms. The number of hydrogen-bond acceptors (Lipinski definition) is 7. The summed E-state index contributed by atoms with van der Waals surface area (Å²) in [5, 5.41) is 23.3. The van der Waals surface area contributed by atoms with Crippen LogP contribution in [0.1, 0.15) is 29.8 Å². The third-order valence-corrected chi connectivity index (χ3v) is 5.94. The Morgan fingerprint density at radius 2 is 1.67 bits per heavy atom. The fourth-order valence-corrected chi connectivity index (χ4v) is 3.92. The zero-order valence-corrected chi connectivity index (χ0v) is 18.8. The topological polar surface area (TPSA) is 137 Å². The van der Waals surface area contributed by atoms with Crippen molar-refractivity contribution in [3.05, 3.63) is 77.9 Å². The first kappa shape index (κ1) is 23.6. The first-order valence-electron chi connectivity index (χ1n) is 9.92. The molecule has 0 spiro atoms. The van der Waals surface area contributed by atoms with Gasteiger partial charge in [-0.1, -0.05) is 0 Å². The Hall–Kier alpha value is -4.05. The van der Waals surface area contributed by atoms with Crippen molar-refractivity contribution in [2.75, 3.05) is 11.3 Å². The Morgan fingerprint density at radius 1 is 1.00 bits per heavy atom. The van der Waals surface area contributed by atoms with Crippen LogP contribution >= 0.6 is 0 Å². The van der Waals surface area contributed by atoms with E-state index in [9.17, 15) is 23.4 Å². The van der Waals surface area contributed by atoms with E-state index in [0.29, 0.717) is 12.4 Å². The zero-order chi connectivity index (χ0) is 24.0. The molecule has 0 unspecified atom stereocenters. The molecule has 1 amide bonds. The van der Waals surface area contributed by atoms with Crippen molar-refractivity contribution < 1.29 is 28.2 Å². The molecule has 9 nitrogen and oxygen atoms in total. The molecule has 172 valence electrons. The number of benzene rings is 3. The maximum Gasteiger partial charge on any atom is 0.271 e. The molecule has 0 radical (unpaired) electrons. The number of nitrogens with one attached hydrogen (secondary N) is 2. The summed E-state index contributed by atoms with van der Waals surface area (Å²) < 4.78 is 32.9. The lowest BCUT2D eigenvalue weighted by Crippen LogP contribution is -2.19. The number of hydrogen-bond donors (Lipinski definition) is 4. The molecule has 3 aromatic carbocycles. The van der Waals surface area contributed by atoms with Crippen LogP contribution in [-0.2, 0) is 10.0 Å². The van der Waals surface area contributed by atoms with Gasteiger partial charge in [-0.15, -0.1) is 0 Å². The molecule has 0 heterocycles. The van der Waals surface area contributed by atoms with Crippen molar-refractivity contribution >= 4 is 27.3 Å². The Balaban J connectivity index is 1.66. The second-order valence-corrected chi connectivity index (χ2v) is 8.61. The fourth-order valence-electron chi connectivity index (χ4n) is 2.86. The summed E-state index contributed by atoms with van der Waals surface area (Å²) in [5.41, 5.74) is 3.45. The van der Waals surface area contributed by atoms with Gasteiger partial charge in [0.05, 0.1) is 17.2 Å². The number of nitrogens with zero attached hydrogens (tertiary/aromatic N) is 1.